The first-order valence-electron chi connectivity index (χ1n) is 4.98. The molecule has 0 aliphatic rings. The van der Waals surface area contributed by atoms with Gasteiger partial charge in [-0.2, -0.15) is 0 Å². The fourth-order valence-electron chi connectivity index (χ4n) is 1.38. The number of hydrogen-bond donors (Lipinski definition) is 0. The lowest BCUT2D eigenvalue weighted by molar-refractivity contribution is 0.112. The van der Waals surface area contributed by atoms with Crippen LogP contribution >= 0.6 is 23.2 Å². The van der Waals surface area contributed by atoms with Crippen LogP contribution in [0.15, 0.2) is 36.4 Å². The molecule has 0 radical (unpaired) electrons. The van der Waals surface area contributed by atoms with Crippen LogP contribution in [0.25, 0.3) is 0 Å². The van der Waals surface area contributed by atoms with Crippen molar-refractivity contribution in [2.75, 3.05) is 0 Å². The van der Waals surface area contributed by atoms with E-state index in [0.29, 0.717) is 22.1 Å². The molecule has 92 valence electrons. The van der Waals surface area contributed by atoms with E-state index in [1.807, 2.05) is 0 Å². The second-order valence-electron chi connectivity index (χ2n) is 3.48. The summed E-state index contributed by atoms with van der Waals surface area (Å²) in [5, 5.41) is 0.796. The molecular weight excluding hydrogens is 278 g/mol. The predicted octanol–water partition coefficient (Wildman–Crippen LogP) is 4.74. The minimum atomic E-state index is -0.512. The fraction of sp³-hybridized carbons (Fsp3) is 0. The Hall–Kier alpha value is -1.58. The molecule has 0 aliphatic heterocycles. The summed E-state index contributed by atoms with van der Waals surface area (Å²) in [6.07, 6.45) is 0.511. The first-order valence-corrected chi connectivity index (χ1v) is 5.73. The van der Waals surface area contributed by atoms with Crippen molar-refractivity contribution in [3.8, 4) is 11.5 Å². The van der Waals surface area contributed by atoms with E-state index in [4.69, 9.17) is 27.9 Å². The van der Waals surface area contributed by atoms with Gasteiger partial charge in [0, 0.05) is 11.1 Å². The normalized spacial score (nSPS) is 10.2. The lowest BCUT2D eigenvalue weighted by Crippen LogP contribution is -1.92. The van der Waals surface area contributed by atoms with E-state index >= 15 is 0 Å². The van der Waals surface area contributed by atoms with Crippen LogP contribution in [0.2, 0.25) is 10.0 Å². The van der Waals surface area contributed by atoms with Crippen LogP contribution in [-0.4, -0.2) is 6.29 Å². The average molecular weight is 285 g/mol. The van der Waals surface area contributed by atoms with Gasteiger partial charge in [-0.3, -0.25) is 4.79 Å². The number of benzene rings is 2. The Morgan fingerprint density at radius 1 is 1.06 bits per heavy atom. The molecule has 0 amide bonds. The van der Waals surface area contributed by atoms with Crippen LogP contribution in [0.4, 0.5) is 4.39 Å². The summed E-state index contributed by atoms with van der Waals surface area (Å²) < 4.78 is 18.4. The fourth-order valence-corrected chi connectivity index (χ4v) is 1.70. The Kier molecular flexibility index (Phi) is 3.84. The molecule has 0 saturated heterocycles. The molecule has 2 nitrogen and oxygen atoms in total. The van der Waals surface area contributed by atoms with Crippen LogP contribution in [0.5, 0.6) is 11.5 Å². The van der Waals surface area contributed by atoms with Gasteiger partial charge in [-0.25, -0.2) is 4.39 Å². The molecule has 0 aromatic heterocycles. The second kappa shape index (κ2) is 5.38. The standard InChI is InChI=1S/C13H7Cl2FO2/c14-9-1-3-11(15)13(6-9)18-12-4-2-10(16)5-8(12)7-17/h1-7H. The number of ether oxygens (including phenoxy) is 1. The Balaban J connectivity index is 2.39. The molecule has 5 heteroatoms. The lowest BCUT2D eigenvalue weighted by Gasteiger charge is -2.09. The van der Waals surface area contributed by atoms with E-state index in [1.54, 1.807) is 12.1 Å². The van der Waals surface area contributed by atoms with Crippen LogP contribution in [-0.2, 0) is 0 Å². The highest BCUT2D eigenvalue weighted by atomic mass is 35.5. The molecule has 0 spiro atoms. The minimum Gasteiger partial charge on any atom is -0.455 e. The molecule has 2 aromatic rings. The van der Waals surface area contributed by atoms with E-state index in [2.05, 4.69) is 0 Å². The van der Waals surface area contributed by atoms with Crippen molar-refractivity contribution < 1.29 is 13.9 Å². The van der Waals surface area contributed by atoms with Gasteiger partial charge >= 0.3 is 0 Å². The summed E-state index contributed by atoms with van der Waals surface area (Å²) in [6, 6.07) is 8.34. The first-order chi connectivity index (χ1) is 8.60. The Labute approximate surface area is 113 Å². The van der Waals surface area contributed by atoms with Gasteiger partial charge in [0.1, 0.15) is 17.3 Å². The molecule has 0 heterocycles. The van der Waals surface area contributed by atoms with Gasteiger partial charge in [0.15, 0.2) is 6.29 Å². The zero-order valence-electron chi connectivity index (χ0n) is 8.99. The molecule has 0 atom stereocenters. The van der Waals surface area contributed by atoms with E-state index < -0.39 is 5.82 Å². The smallest absolute Gasteiger partial charge is 0.153 e. The van der Waals surface area contributed by atoms with Crippen molar-refractivity contribution in [2.45, 2.75) is 0 Å². The van der Waals surface area contributed by atoms with Crippen LogP contribution < -0.4 is 4.74 Å². The van der Waals surface area contributed by atoms with Crippen molar-refractivity contribution in [3.05, 3.63) is 57.8 Å². The minimum absolute atomic E-state index is 0.103. The summed E-state index contributed by atoms with van der Waals surface area (Å²) >= 11 is 11.7. The van der Waals surface area contributed by atoms with Gasteiger partial charge < -0.3 is 4.74 Å². The number of hydrogen-bond acceptors (Lipinski definition) is 2. The zero-order chi connectivity index (χ0) is 13.1. The number of aldehydes is 1. The Morgan fingerprint density at radius 3 is 2.56 bits per heavy atom. The van der Waals surface area contributed by atoms with Crippen molar-refractivity contribution in [1.29, 1.82) is 0 Å². The van der Waals surface area contributed by atoms with E-state index in [9.17, 15) is 9.18 Å². The van der Waals surface area contributed by atoms with Gasteiger partial charge in [-0.1, -0.05) is 23.2 Å². The Bertz CT molecular complexity index is 600. The molecule has 2 rings (SSSR count). The SMILES string of the molecule is O=Cc1cc(F)ccc1Oc1cc(Cl)ccc1Cl. The number of carbonyl (C=O) groups is 1. The quantitative estimate of drug-likeness (QED) is 0.761. The highest BCUT2D eigenvalue weighted by molar-refractivity contribution is 6.34. The summed E-state index contributed by atoms with van der Waals surface area (Å²) in [4.78, 5) is 10.8. The maximum Gasteiger partial charge on any atom is 0.153 e. The molecule has 0 N–H and O–H groups in total. The van der Waals surface area contributed by atoms with Gasteiger partial charge in [0.05, 0.1) is 10.6 Å². The van der Waals surface area contributed by atoms with Gasteiger partial charge in [0.2, 0.25) is 0 Å². The van der Waals surface area contributed by atoms with Gasteiger partial charge in [-0.15, -0.1) is 0 Å². The lowest BCUT2D eigenvalue weighted by atomic mass is 10.2. The molecule has 0 saturated carbocycles. The maximum atomic E-state index is 13.0. The van der Waals surface area contributed by atoms with Crippen molar-refractivity contribution in [1.82, 2.24) is 0 Å². The monoisotopic (exact) mass is 284 g/mol. The molecule has 0 unspecified atom stereocenters. The summed E-state index contributed by atoms with van der Waals surface area (Å²) in [6.45, 7) is 0. The summed E-state index contributed by atoms with van der Waals surface area (Å²) in [5.41, 5.74) is 0.103. The third-order valence-electron chi connectivity index (χ3n) is 2.21. The van der Waals surface area contributed by atoms with E-state index in [0.717, 1.165) is 6.07 Å². The molecule has 0 bridgehead atoms. The Morgan fingerprint density at radius 2 is 1.83 bits per heavy atom. The van der Waals surface area contributed by atoms with E-state index in [-0.39, 0.29) is 11.3 Å². The first kappa shape index (κ1) is 12.9. The largest absolute Gasteiger partial charge is 0.455 e. The summed E-state index contributed by atoms with van der Waals surface area (Å²) in [7, 11) is 0. The predicted molar refractivity (Wildman–Crippen MR) is 68.3 cm³/mol. The zero-order valence-corrected chi connectivity index (χ0v) is 10.5. The van der Waals surface area contributed by atoms with Gasteiger partial charge in [-0.05, 0) is 30.3 Å². The molecular formula is C13H7Cl2FO2. The number of halogens is 3. The molecule has 18 heavy (non-hydrogen) atoms. The van der Waals surface area contributed by atoms with Crippen LogP contribution in [0.1, 0.15) is 10.4 Å². The number of rotatable bonds is 3. The topological polar surface area (TPSA) is 26.3 Å². The number of carbonyl (C=O) groups excluding carboxylic acids is 1. The second-order valence-corrected chi connectivity index (χ2v) is 4.32. The van der Waals surface area contributed by atoms with Crippen molar-refractivity contribution in [3.63, 3.8) is 0 Å². The third-order valence-corrected chi connectivity index (χ3v) is 2.76. The molecule has 0 fully saturated rings. The van der Waals surface area contributed by atoms with Gasteiger partial charge in [0.25, 0.3) is 0 Å². The summed E-state index contributed by atoms with van der Waals surface area (Å²) in [5.74, 6) is 0.0103. The third kappa shape index (κ3) is 2.81. The highest BCUT2D eigenvalue weighted by Crippen LogP contribution is 2.33. The molecule has 2 aromatic carbocycles. The van der Waals surface area contributed by atoms with Crippen molar-refractivity contribution in [2.24, 2.45) is 0 Å². The average Bonchev–Trinajstić information content (AvgIpc) is 2.36. The van der Waals surface area contributed by atoms with E-state index in [1.165, 1.54) is 18.2 Å². The van der Waals surface area contributed by atoms with Crippen LogP contribution in [0.3, 0.4) is 0 Å². The highest BCUT2D eigenvalue weighted by Gasteiger charge is 2.09. The van der Waals surface area contributed by atoms with Crippen molar-refractivity contribution >= 4 is 29.5 Å². The molecule has 0 aliphatic carbocycles. The van der Waals surface area contributed by atoms with Crippen LogP contribution in [0, 0.1) is 5.82 Å². The maximum absolute atomic E-state index is 13.0.